The zero-order valence-electron chi connectivity index (χ0n) is 20.0. The molecule has 0 saturated heterocycles. The van der Waals surface area contributed by atoms with Gasteiger partial charge in [0.05, 0.1) is 20.9 Å². The predicted molar refractivity (Wildman–Crippen MR) is 147 cm³/mol. The number of rotatable bonds is 10. The average molecular weight is 645 g/mol. The number of aryl methyl sites for hydroxylation is 1. The van der Waals surface area contributed by atoms with Gasteiger partial charge in [-0.1, -0.05) is 30.3 Å². The van der Waals surface area contributed by atoms with Crippen molar-refractivity contribution in [1.29, 1.82) is 0 Å². The first-order valence-corrected chi connectivity index (χ1v) is 13.3. The van der Waals surface area contributed by atoms with Crippen molar-refractivity contribution >= 4 is 60.5 Å². The number of hydrogen-bond donors (Lipinski definition) is 3. The maximum atomic E-state index is 13.7. The van der Waals surface area contributed by atoms with Crippen LogP contribution in [-0.2, 0) is 22.4 Å². The zero-order valence-corrected chi connectivity index (χ0v) is 23.2. The Morgan fingerprint density at radius 3 is 2.29 bits per heavy atom. The third kappa shape index (κ3) is 6.25. The van der Waals surface area contributed by atoms with Gasteiger partial charge >= 0.3 is 5.97 Å². The van der Waals surface area contributed by atoms with Crippen molar-refractivity contribution in [3.05, 3.63) is 86.0 Å². The molecule has 0 aliphatic rings. The van der Waals surface area contributed by atoms with Crippen LogP contribution in [0.5, 0.6) is 17.2 Å². The van der Waals surface area contributed by atoms with Crippen LogP contribution in [0.25, 0.3) is 11.0 Å². The van der Waals surface area contributed by atoms with Crippen LogP contribution in [0.2, 0.25) is 0 Å². The Morgan fingerprint density at radius 1 is 0.947 bits per heavy atom. The number of nitrogens with two attached hydrogens (primary N) is 1. The first-order valence-electron chi connectivity index (χ1n) is 11.7. The average Bonchev–Trinajstić information content (AvgIpc) is 3.21. The van der Waals surface area contributed by atoms with E-state index in [1.54, 1.807) is 12.1 Å². The molecule has 4 N–H and O–H groups in total. The van der Waals surface area contributed by atoms with E-state index in [4.69, 9.17) is 14.9 Å². The number of hydrogen-bond acceptors (Lipinski definition) is 7. The number of phenolic OH excluding ortho intramolecular Hbond substituents is 2. The topological polar surface area (TPSA) is 140 Å². The Labute approximate surface area is 234 Å². The number of carbonyl (C=O) groups excluding carboxylic acids is 3. The van der Waals surface area contributed by atoms with E-state index < -0.39 is 17.7 Å². The number of furan rings is 1. The molecule has 0 aliphatic carbocycles. The number of ketones is 1. The molecule has 196 valence electrons. The van der Waals surface area contributed by atoms with Crippen molar-refractivity contribution in [1.82, 2.24) is 0 Å². The van der Waals surface area contributed by atoms with Crippen LogP contribution >= 0.6 is 31.9 Å². The number of aromatic hydroxyl groups is 2. The molecule has 4 rings (SSSR count). The molecule has 0 bridgehead atoms. The van der Waals surface area contributed by atoms with Gasteiger partial charge in [0.25, 0.3) is 0 Å². The van der Waals surface area contributed by atoms with E-state index in [2.05, 4.69) is 31.9 Å². The first kappa shape index (κ1) is 27.4. The quantitative estimate of drug-likeness (QED) is 0.0839. The Morgan fingerprint density at radius 2 is 1.63 bits per heavy atom. The monoisotopic (exact) mass is 643 g/mol. The second kappa shape index (κ2) is 11.8. The minimum absolute atomic E-state index is 0.00985. The Hall–Kier alpha value is -3.63. The fraction of sp³-hybridized carbons (Fsp3) is 0.179. The molecule has 10 heteroatoms. The number of esters is 1. The van der Waals surface area contributed by atoms with Gasteiger partial charge in [0.2, 0.25) is 5.91 Å². The highest BCUT2D eigenvalue weighted by molar-refractivity contribution is 9.11. The van der Waals surface area contributed by atoms with Crippen LogP contribution in [-0.4, -0.2) is 27.9 Å². The summed E-state index contributed by atoms with van der Waals surface area (Å²) >= 11 is 6.48. The van der Waals surface area contributed by atoms with Crippen LogP contribution in [0.15, 0.2) is 68.0 Å². The number of primary amides is 1. The van der Waals surface area contributed by atoms with E-state index in [0.29, 0.717) is 39.4 Å². The predicted octanol–water partition coefficient (Wildman–Crippen LogP) is 5.95. The molecule has 0 unspecified atom stereocenters. The highest BCUT2D eigenvalue weighted by atomic mass is 79.9. The number of carbonyl (C=O) groups is 3. The fourth-order valence-electron chi connectivity index (χ4n) is 4.02. The van der Waals surface area contributed by atoms with Gasteiger partial charge in [-0.3, -0.25) is 14.4 Å². The summed E-state index contributed by atoms with van der Waals surface area (Å²) in [6.07, 6.45) is 1.56. The molecule has 3 aromatic carbocycles. The minimum atomic E-state index is -0.570. The largest absolute Gasteiger partial charge is 0.506 e. The van der Waals surface area contributed by atoms with E-state index in [1.165, 1.54) is 24.3 Å². The maximum absolute atomic E-state index is 13.7. The van der Waals surface area contributed by atoms with Gasteiger partial charge in [0.15, 0.2) is 17.3 Å². The highest BCUT2D eigenvalue weighted by Crippen LogP contribution is 2.39. The SMILES string of the molecule is NC(=O)CCCCc1oc2cc(OC(=O)Cc3ccccc3)c(O)cc2c1C(=O)c1cc(Br)c(O)c(Br)c1. The summed E-state index contributed by atoms with van der Waals surface area (Å²) in [5.74, 6) is -1.52. The molecular formula is C28H23Br2NO7. The number of benzene rings is 3. The van der Waals surface area contributed by atoms with Crippen LogP contribution in [0.4, 0.5) is 0 Å². The van der Waals surface area contributed by atoms with Crippen LogP contribution in [0, 0.1) is 0 Å². The molecule has 0 atom stereocenters. The van der Waals surface area contributed by atoms with E-state index in [0.717, 1.165) is 5.56 Å². The summed E-state index contributed by atoms with van der Waals surface area (Å²) in [7, 11) is 0. The molecule has 8 nitrogen and oxygen atoms in total. The first-order chi connectivity index (χ1) is 18.1. The van der Waals surface area contributed by atoms with E-state index in [9.17, 15) is 24.6 Å². The lowest BCUT2D eigenvalue weighted by atomic mass is 9.97. The van der Waals surface area contributed by atoms with Gasteiger partial charge in [0, 0.05) is 29.9 Å². The zero-order chi connectivity index (χ0) is 27.4. The van der Waals surface area contributed by atoms with Gasteiger partial charge in [-0.15, -0.1) is 0 Å². The molecule has 38 heavy (non-hydrogen) atoms. The van der Waals surface area contributed by atoms with Gasteiger partial charge < -0.3 is 25.1 Å². The summed E-state index contributed by atoms with van der Waals surface area (Å²) < 4.78 is 12.1. The summed E-state index contributed by atoms with van der Waals surface area (Å²) in [6.45, 7) is 0. The molecule has 0 saturated carbocycles. The molecule has 0 fully saturated rings. The van der Waals surface area contributed by atoms with Crippen LogP contribution in [0.1, 0.15) is 46.5 Å². The highest BCUT2D eigenvalue weighted by Gasteiger charge is 2.25. The number of ether oxygens (including phenoxy) is 1. The number of halogens is 2. The Kier molecular flexibility index (Phi) is 8.53. The molecule has 0 spiro atoms. The second-order valence-electron chi connectivity index (χ2n) is 8.64. The number of unbranched alkanes of at least 4 members (excludes halogenated alkanes) is 1. The maximum Gasteiger partial charge on any atom is 0.315 e. The number of phenols is 2. The lowest BCUT2D eigenvalue weighted by molar-refractivity contribution is -0.133. The van der Waals surface area contributed by atoms with Crippen LogP contribution < -0.4 is 10.5 Å². The normalized spacial score (nSPS) is 11.0. The molecule has 1 aromatic heterocycles. The van der Waals surface area contributed by atoms with Crippen molar-refractivity contribution in [2.24, 2.45) is 5.73 Å². The smallest absolute Gasteiger partial charge is 0.315 e. The lowest BCUT2D eigenvalue weighted by Crippen LogP contribution is -2.11. The third-order valence-corrected chi connectivity index (χ3v) is 7.05. The third-order valence-electron chi connectivity index (χ3n) is 5.84. The summed E-state index contributed by atoms with van der Waals surface area (Å²) in [5.41, 5.74) is 6.73. The summed E-state index contributed by atoms with van der Waals surface area (Å²) in [5, 5.41) is 21.1. The van der Waals surface area contributed by atoms with Gasteiger partial charge in [-0.2, -0.15) is 0 Å². The summed E-state index contributed by atoms with van der Waals surface area (Å²) in [4.78, 5) is 37.3. The van der Waals surface area contributed by atoms with Crippen molar-refractivity contribution in [2.75, 3.05) is 0 Å². The van der Waals surface area contributed by atoms with Gasteiger partial charge in [-0.05, 0) is 68.5 Å². The van der Waals surface area contributed by atoms with Gasteiger partial charge in [-0.25, -0.2) is 0 Å². The van der Waals surface area contributed by atoms with Crippen molar-refractivity contribution in [3.8, 4) is 17.2 Å². The van der Waals surface area contributed by atoms with E-state index in [-0.39, 0.29) is 46.8 Å². The molecule has 1 heterocycles. The van der Waals surface area contributed by atoms with Crippen LogP contribution in [0.3, 0.4) is 0 Å². The van der Waals surface area contributed by atoms with Crippen molar-refractivity contribution in [3.63, 3.8) is 0 Å². The molecule has 0 aliphatic heterocycles. The molecular weight excluding hydrogens is 622 g/mol. The Balaban J connectivity index is 1.70. The molecule has 1 amide bonds. The Bertz CT molecular complexity index is 1510. The second-order valence-corrected chi connectivity index (χ2v) is 10.4. The van der Waals surface area contributed by atoms with E-state index >= 15 is 0 Å². The molecule has 4 aromatic rings. The van der Waals surface area contributed by atoms with Gasteiger partial charge in [0.1, 0.15) is 17.1 Å². The van der Waals surface area contributed by atoms with E-state index in [1.807, 2.05) is 18.2 Å². The van der Waals surface area contributed by atoms with Crippen molar-refractivity contribution in [2.45, 2.75) is 32.1 Å². The lowest BCUT2D eigenvalue weighted by Gasteiger charge is -2.08. The fourth-order valence-corrected chi connectivity index (χ4v) is 5.20. The number of fused-ring (bicyclic) bond motifs is 1. The molecule has 0 radical (unpaired) electrons. The summed E-state index contributed by atoms with van der Waals surface area (Å²) in [6, 6.07) is 14.7. The number of amides is 1. The standard InChI is InChI=1S/C28H23Br2NO7/c29-18-11-16(12-19(30)28(18)36)27(35)26-17-13-20(32)23(38-25(34)10-15-6-2-1-3-7-15)14-22(17)37-21(26)8-4-5-9-24(31)33/h1-3,6-7,11-14,32,36H,4-5,8-10H2,(H2,31,33). The minimum Gasteiger partial charge on any atom is -0.506 e. The van der Waals surface area contributed by atoms with Crippen molar-refractivity contribution < 1.29 is 33.8 Å².